The van der Waals surface area contributed by atoms with Crippen LogP contribution in [0.3, 0.4) is 0 Å². The van der Waals surface area contributed by atoms with E-state index in [4.69, 9.17) is 9.90 Å². The van der Waals surface area contributed by atoms with E-state index >= 15 is 0 Å². The number of benzene rings is 3. The van der Waals surface area contributed by atoms with Crippen molar-refractivity contribution in [1.82, 2.24) is 0 Å². The number of para-hydroxylation sites is 3. The summed E-state index contributed by atoms with van der Waals surface area (Å²) in [6, 6.07) is 31.3. The molecule has 0 fully saturated rings. The SMILES string of the molecule is Cl.O=C(O)C(F)(F)F.c1ccc(N(c2ccccc2)c2ccccc2)cc1. The smallest absolute Gasteiger partial charge is 0.475 e. The maximum Gasteiger partial charge on any atom is 0.490 e. The average Bonchev–Trinajstić information content (AvgIpc) is 2.64. The highest BCUT2D eigenvalue weighted by atomic mass is 35.5. The van der Waals surface area contributed by atoms with Crippen LogP contribution >= 0.6 is 12.4 Å². The van der Waals surface area contributed by atoms with Crippen molar-refractivity contribution < 1.29 is 23.1 Å². The van der Waals surface area contributed by atoms with E-state index in [9.17, 15) is 13.2 Å². The molecule has 27 heavy (non-hydrogen) atoms. The predicted molar refractivity (Wildman–Crippen MR) is 102 cm³/mol. The monoisotopic (exact) mass is 395 g/mol. The zero-order valence-electron chi connectivity index (χ0n) is 14.0. The molecule has 3 nitrogen and oxygen atoms in total. The molecule has 0 bridgehead atoms. The fourth-order valence-corrected chi connectivity index (χ4v) is 2.18. The summed E-state index contributed by atoms with van der Waals surface area (Å²) in [6.45, 7) is 0. The van der Waals surface area contributed by atoms with Crippen LogP contribution in [-0.4, -0.2) is 17.3 Å². The Morgan fingerprint density at radius 2 is 0.889 bits per heavy atom. The molecule has 0 amide bonds. The van der Waals surface area contributed by atoms with Crippen LogP contribution < -0.4 is 4.90 Å². The number of nitrogens with zero attached hydrogens (tertiary/aromatic N) is 1. The molecule has 0 heterocycles. The van der Waals surface area contributed by atoms with Crippen LogP contribution in [0, 0.1) is 0 Å². The van der Waals surface area contributed by atoms with Gasteiger partial charge in [-0.1, -0.05) is 54.6 Å². The first-order valence-corrected chi connectivity index (χ1v) is 7.65. The van der Waals surface area contributed by atoms with Gasteiger partial charge in [-0.3, -0.25) is 0 Å². The summed E-state index contributed by atoms with van der Waals surface area (Å²) in [7, 11) is 0. The fourth-order valence-electron chi connectivity index (χ4n) is 2.18. The van der Waals surface area contributed by atoms with Crippen LogP contribution in [0.2, 0.25) is 0 Å². The van der Waals surface area contributed by atoms with Gasteiger partial charge in [-0.25, -0.2) is 4.79 Å². The standard InChI is InChI=1S/C18H15N.C2HF3O2.ClH/c1-4-10-16(11-5-1)19(17-12-6-2-7-13-17)18-14-8-3-9-15-18;3-2(4,5)1(6)7;/h1-15H;(H,6,7);1H. The van der Waals surface area contributed by atoms with Gasteiger partial charge in [0.25, 0.3) is 0 Å². The third-order valence-electron chi connectivity index (χ3n) is 3.29. The van der Waals surface area contributed by atoms with Crippen molar-refractivity contribution in [1.29, 1.82) is 0 Å². The molecule has 0 aliphatic heterocycles. The summed E-state index contributed by atoms with van der Waals surface area (Å²) >= 11 is 0. The maximum atomic E-state index is 10.6. The fraction of sp³-hybridized carbons (Fsp3) is 0.0500. The second kappa shape index (κ2) is 10.2. The number of carbonyl (C=O) groups is 1. The van der Waals surface area contributed by atoms with E-state index in [0.717, 1.165) is 0 Å². The minimum Gasteiger partial charge on any atom is -0.475 e. The molecule has 0 unspecified atom stereocenters. The van der Waals surface area contributed by atoms with Gasteiger partial charge >= 0.3 is 12.1 Å². The minimum atomic E-state index is -5.08. The highest BCUT2D eigenvalue weighted by molar-refractivity contribution is 5.85. The van der Waals surface area contributed by atoms with Crippen molar-refractivity contribution in [2.75, 3.05) is 4.90 Å². The van der Waals surface area contributed by atoms with Crippen molar-refractivity contribution in [2.24, 2.45) is 0 Å². The van der Waals surface area contributed by atoms with Crippen LogP contribution in [0.15, 0.2) is 91.0 Å². The van der Waals surface area contributed by atoms with E-state index in [1.165, 1.54) is 17.1 Å². The highest BCUT2D eigenvalue weighted by Gasteiger charge is 2.38. The molecule has 7 heteroatoms. The first-order chi connectivity index (χ1) is 12.4. The summed E-state index contributed by atoms with van der Waals surface area (Å²) in [6.07, 6.45) is -5.08. The van der Waals surface area contributed by atoms with Crippen LogP contribution in [0.5, 0.6) is 0 Å². The molecule has 0 saturated heterocycles. The topological polar surface area (TPSA) is 40.5 Å². The Morgan fingerprint density at radius 3 is 1.07 bits per heavy atom. The Kier molecular flexibility index (Phi) is 8.35. The molecule has 142 valence electrons. The largest absolute Gasteiger partial charge is 0.490 e. The Balaban J connectivity index is 0.000000395. The molecule has 0 aliphatic rings. The van der Waals surface area contributed by atoms with Gasteiger partial charge in [-0.2, -0.15) is 13.2 Å². The van der Waals surface area contributed by atoms with Gasteiger partial charge in [0.05, 0.1) is 0 Å². The van der Waals surface area contributed by atoms with Gasteiger partial charge in [0.15, 0.2) is 0 Å². The first-order valence-electron chi connectivity index (χ1n) is 7.65. The number of hydrogen-bond acceptors (Lipinski definition) is 2. The van der Waals surface area contributed by atoms with Crippen molar-refractivity contribution in [3.63, 3.8) is 0 Å². The second-order valence-corrected chi connectivity index (χ2v) is 5.14. The van der Waals surface area contributed by atoms with Crippen LogP contribution in [0.25, 0.3) is 0 Å². The van der Waals surface area contributed by atoms with E-state index in [2.05, 4.69) is 77.7 Å². The normalized spacial score (nSPS) is 10.0. The number of carboxylic acid groups (broad SMARTS) is 1. The van der Waals surface area contributed by atoms with E-state index in [1.54, 1.807) is 0 Å². The minimum absolute atomic E-state index is 0. The first kappa shape index (κ1) is 22.1. The number of rotatable bonds is 3. The van der Waals surface area contributed by atoms with Gasteiger partial charge in [0.1, 0.15) is 0 Å². The number of alkyl halides is 3. The quantitative estimate of drug-likeness (QED) is 0.573. The lowest BCUT2D eigenvalue weighted by Crippen LogP contribution is -2.21. The van der Waals surface area contributed by atoms with Crippen LogP contribution in [0.4, 0.5) is 30.2 Å². The van der Waals surface area contributed by atoms with Crippen molar-refractivity contribution in [2.45, 2.75) is 6.18 Å². The molecule has 0 atom stereocenters. The molecule has 0 aromatic heterocycles. The second-order valence-electron chi connectivity index (χ2n) is 5.14. The van der Waals surface area contributed by atoms with E-state index in [1.807, 2.05) is 18.2 Å². The van der Waals surface area contributed by atoms with Crippen LogP contribution in [0.1, 0.15) is 0 Å². The number of carboxylic acids is 1. The summed E-state index contributed by atoms with van der Waals surface area (Å²) < 4.78 is 31.7. The summed E-state index contributed by atoms with van der Waals surface area (Å²) in [5.41, 5.74) is 3.50. The van der Waals surface area contributed by atoms with Gasteiger partial charge in [-0.15, -0.1) is 12.4 Å². The number of hydrogen-bond donors (Lipinski definition) is 1. The number of anilines is 3. The van der Waals surface area contributed by atoms with E-state index < -0.39 is 12.1 Å². The molecule has 0 spiro atoms. The van der Waals surface area contributed by atoms with Gasteiger partial charge < -0.3 is 10.0 Å². The molecule has 0 saturated carbocycles. The highest BCUT2D eigenvalue weighted by Crippen LogP contribution is 2.33. The molecule has 0 radical (unpaired) electrons. The third-order valence-corrected chi connectivity index (χ3v) is 3.29. The Hall–Kier alpha value is -2.99. The Labute approximate surface area is 161 Å². The maximum absolute atomic E-state index is 10.6. The van der Waals surface area contributed by atoms with Crippen molar-refractivity contribution >= 4 is 35.4 Å². The van der Waals surface area contributed by atoms with Gasteiger partial charge in [0, 0.05) is 17.1 Å². The average molecular weight is 396 g/mol. The predicted octanol–water partition coefficient (Wildman–Crippen LogP) is 6.21. The number of aliphatic carboxylic acids is 1. The Morgan fingerprint density at radius 1 is 0.667 bits per heavy atom. The molecule has 3 aromatic carbocycles. The lowest BCUT2D eigenvalue weighted by Gasteiger charge is -2.25. The van der Waals surface area contributed by atoms with E-state index in [-0.39, 0.29) is 12.4 Å². The van der Waals surface area contributed by atoms with Crippen LogP contribution in [-0.2, 0) is 4.79 Å². The van der Waals surface area contributed by atoms with Gasteiger partial charge in [-0.05, 0) is 36.4 Å². The third kappa shape index (κ3) is 6.67. The lowest BCUT2D eigenvalue weighted by molar-refractivity contribution is -0.192. The van der Waals surface area contributed by atoms with Crippen molar-refractivity contribution in [3.05, 3.63) is 91.0 Å². The zero-order chi connectivity index (χ0) is 19.0. The van der Waals surface area contributed by atoms with E-state index in [0.29, 0.717) is 0 Å². The zero-order valence-corrected chi connectivity index (χ0v) is 14.8. The van der Waals surface area contributed by atoms with Gasteiger partial charge in [0.2, 0.25) is 0 Å². The summed E-state index contributed by atoms with van der Waals surface area (Å²) in [4.78, 5) is 11.1. The molecule has 3 rings (SSSR count). The summed E-state index contributed by atoms with van der Waals surface area (Å²) in [5, 5.41) is 7.12. The van der Waals surface area contributed by atoms with Crippen molar-refractivity contribution in [3.8, 4) is 0 Å². The lowest BCUT2D eigenvalue weighted by atomic mass is 10.2. The number of halogens is 4. The Bertz CT molecular complexity index is 719. The molecule has 1 N–H and O–H groups in total. The molecular formula is C20H17ClF3NO2. The molecule has 3 aromatic rings. The summed E-state index contributed by atoms with van der Waals surface area (Å²) in [5.74, 6) is -2.76. The molecule has 0 aliphatic carbocycles. The molecular weight excluding hydrogens is 379 g/mol.